The smallest absolute Gasteiger partial charge is 0.410 e. The van der Waals surface area contributed by atoms with Gasteiger partial charge in [0.1, 0.15) is 18.0 Å². The van der Waals surface area contributed by atoms with E-state index in [-0.39, 0.29) is 12.1 Å². The molecule has 0 aliphatic carbocycles. The third-order valence-corrected chi connectivity index (χ3v) is 9.31. The summed E-state index contributed by atoms with van der Waals surface area (Å²) in [5.74, 6) is 0.956. The maximum atomic E-state index is 12.9. The molecule has 2 saturated heterocycles. The SMILES string of the molecule is Cc1cccc2cccc(N3CCCc4c(nc(OC[C@@H]5CCCN5C)nc4N4CCN(C(=O)OC(C)(C)C)C[C@@H]4C)C3)c12. The first-order valence-corrected chi connectivity index (χ1v) is 16.3. The van der Waals surface area contributed by atoms with E-state index in [1.165, 1.54) is 34.0 Å². The number of aromatic nitrogens is 2. The summed E-state index contributed by atoms with van der Waals surface area (Å²) in [6.45, 7) is 15.3. The molecule has 4 heterocycles. The topological polar surface area (TPSA) is 74.3 Å². The van der Waals surface area contributed by atoms with Crippen LogP contribution in [0.5, 0.6) is 6.01 Å². The molecule has 0 radical (unpaired) electrons. The molecule has 0 bridgehead atoms. The lowest BCUT2D eigenvalue weighted by Gasteiger charge is -2.41. The van der Waals surface area contributed by atoms with E-state index in [2.05, 4.69) is 72.0 Å². The second-order valence-corrected chi connectivity index (χ2v) is 13.8. The monoisotopic (exact) mass is 600 g/mol. The normalized spacial score (nSPS) is 21.4. The number of amides is 1. The first-order valence-electron chi connectivity index (χ1n) is 16.3. The van der Waals surface area contributed by atoms with Crippen LogP contribution in [0.3, 0.4) is 0 Å². The number of anilines is 2. The molecule has 0 spiro atoms. The molecule has 2 atom stereocenters. The lowest BCUT2D eigenvalue weighted by molar-refractivity contribution is 0.0218. The van der Waals surface area contributed by atoms with Gasteiger partial charge in [0.05, 0.1) is 12.2 Å². The fourth-order valence-electron chi connectivity index (χ4n) is 6.99. The van der Waals surface area contributed by atoms with E-state index in [9.17, 15) is 4.79 Å². The summed E-state index contributed by atoms with van der Waals surface area (Å²) >= 11 is 0. The highest BCUT2D eigenvalue weighted by atomic mass is 16.6. The van der Waals surface area contributed by atoms with Gasteiger partial charge < -0.3 is 29.1 Å². The summed E-state index contributed by atoms with van der Waals surface area (Å²) in [4.78, 5) is 32.1. The van der Waals surface area contributed by atoms with Crippen molar-refractivity contribution >= 4 is 28.4 Å². The van der Waals surface area contributed by atoms with Crippen LogP contribution in [0.25, 0.3) is 10.8 Å². The molecule has 0 unspecified atom stereocenters. The summed E-state index contributed by atoms with van der Waals surface area (Å²) in [6, 6.07) is 14.0. The molecule has 1 amide bonds. The number of rotatable bonds is 5. The Labute approximate surface area is 262 Å². The van der Waals surface area contributed by atoms with Gasteiger partial charge in [-0.05, 0) is 90.9 Å². The van der Waals surface area contributed by atoms with Crippen molar-refractivity contribution in [2.45, 2.75) is 84.5 Å². The minimum absolute atomic E-state index is 0.0733. The number of hydrogen-bond acceptors (Lipinski definition) is 8. The maximum Gasteiger partial charge on any atom is 0.410 e. The van der Waals surface area contributed by atoms with Crippen molar-refractivity contribution in [3.63, 3.8) is 0 Å². The van der Waals surface area contributed by atoms with E-state index in [0.29, 0.717) is 44.8 Å². The third kappa shape index (κ3) is 6.43. The highest BCUT2D eigenvalue weighted by Crippen LogP contribution is 2.36. The molecule has 0 N–H and O–H groups in total. The zero-order valence-corrected chi connectivity index (χ0v) is 27.3. The Bertz CT molecular complexity index is 1500. The van der Waals surface area contributed by atoms with Gasteiger partial charge in [-0.1, -0.05) is 30.3 Å². The molecule has 3 aliphatic rings. The van der Waals surface area contributed by atoms with Crippen LogP contribution in [0, 0.1) is 6.92 Å². The van der Waals surface area contributed by atoms with Crippen LogP contribution in [0.4, 0.5) is 16.3 Å². The van der Waals surface area contributed by atoms with E-state index in [0.717, 1.165) is 43.9 Å². The fraction of sp³-hybridized carbons (Fsp3) is 0.571. The molecule has 9 heteroatoms. The predicted octanol–water partition coefficient (Wildman–Crippen LogP) is 5.81. The Morgan fingerprint density at radius 2 is 1.82 bits per heavy atom. The summed E-state index contributed by atoms with van der Waals surface area (Å²) in [5.41, 5.74) is 4.26. The van der Waals surface area contributed by atoms with Crippen molar-refractivity contribution in [2.75, 3.05) is 56.2 Å². The molecule has 3 aromatic rings. The van der Waals surface area contributed by atoms with E-state index in [4.69, 9.17) is 19.4 Å². The number of nitrogens with zero attached hydrogens (tertiary/aromatic N) is 6. The summed E-state index contributed by atoms with van der Waals surface area (Å²) < 4.78 is 12.1. The lowest BCUT2D eigenvalue weighted by Crippen LogP contribution is -2.55. The number of fused-ring (bicyclic) bond motifs is 2. The van der Waals surface area contributed by atoms with Crippen molar-refractivity contribution in [1.82, 2.24) is 19.8 Å². The molecule has 0 saturated carbocycles. The van der Waals surface area contributed by atoms with Crippen LogP contribution in [-0.4, -0.2) is 89.9 Å². The largest absolute Gasteiger partial charge is 0.462 e. The van der Waals surface area contributed by atoms with Gasteiger partial charge in [-0.25, -0.2) is 4.79 Å². The summed E-state index contributed by atoms with van der Waals surface area (Å²) in [6.07, 6.45) is 3.98. The van der Waals surface area contributed by atoms with E-state index < -0.39 is 5.60 Å². The molecular formula is C35H48N6O3. The van der Waals surface area contributed by atoms with Gasteiger partial charge in [-0.2, -0.15) is 9.97 Å². The van der Waals surface area contributed by atoms with Crippen LogP contribution in [0.2, 0.25) is 0 Å². The van der Waals surface area contributed by atoms with Crippen molar-refractivity contribution in [3.05, 3.63) is 53.2 Å². The van der Waals surface area contributed by atoms with E-state index >= 15 is 0 Å². The quantitative estimate of drug-likeness (QED) is 0.363. The van der Waals surface area contributed by atoms with Crippen LogP contribution in [0.15, 0.2) is 36.4 Å². The number of likely N-dealkylation sites (N-methyl/N-ethyl adjacent to an activating group) is 1. The average molecular weight is 601 g/mol. The zero-order valence-electron chi connectivity index (χ0n) is 27.3. The van der Waals surface area contributed by atoms with Gasteiger partial charge in [0.25, 0.3) is 0 Å². The number of likely N-dealkylation sites (tertiary alicyclic amines) is 1. The molecular weight excluding hydrogens is 552 g/mol. The fourth-order valence-corrected chi connectivity index (χ4v) is 6.99. The Hall–Kier alpha value is -3.59. The molecule has 236 valence electrons. The number of aryl methyl sites for hydroxylation is 1. The molecule has 9 nitrogen and oxygen atoms in total. The Kier molecular flexibility index (Phi) is 8.59. The molecule has 2 aromatic carbocycles. The first-order chi connectivity index (χ1) is 21.1. The number of carbonyl (C=O) groups excluding carboxylic acids is 1. The minimum atomic E-state index is -0.518. The van der Waals surface area contributed by atoms with Gasteiger partial charge >= 0.3 is 12.1 Å². The third-order valence-electron chi connectivity index (χ3n) is 9.31. The van der Waals surface area contributed by atoms with Gasteiger partial charge in [0.15, 0.2) is 0 Å². The summed E-state index contributed by atoms with van der Waals surface area (Å²) in [7, 11) is 2.17. The first kappa shape index (κ1) is 30.4. The summed E-state index contributed by atoms with van der Waals surface area (Å²) in [5, 5.41) is 2.57. The number of hydrogen-bond donors (Lipinski definition) is 0. The van der Waals surface area contributed by atoms with Gasteiger partial charge in [-0.3, -0.25) is 0 Å². The lowest BCUT2D eigenvalue weighted by atomic mass is 10.0. The second-order valence-electron chi connectivity index (χ2n) is 13.8. The predicted molar refractivity (Wildman–Crippen MR) is 176 cm³/mol. The number of ether oxygens (including phenoxy) is 2. The average Bonchev–Trinajstić information content (AvgIpc) is 3.26. The van der Waals surface area contributed by atoms with Crippen LogP contribution < -0.4 is 14.5 Å². The van der Waals surface area contributed by atoms with Gasteiger partial charge in [0, 0.05) is 54.9 Å². The van der Waals surface area contributed by atoms with Crippen molar-refractivity contribution < 1.29 is 14.3 Å². The molecule has 6 rings (SSSR count). The maximum absolute atomic E-state index is 12.9. The highest BCUT2D eigenvalue weighted by molar-refractivity contribution is 5.96. The Morgan fingerprint density at radius 3 is 2.55 bits per heavy atom. The Morgan fingerprint density at radius 1 is 1.02 bits per heavy atom. The zero-order chi connectivity index (χ0) is 31.0. The van der Waals surface area contributed by atoms with Crippen LogP contribution in [-0.2, 0) is 17.7 Å². The van der Waals surface area contributed by atoms with Crippen LogP contribution >= 0.6 is 0 Å². The van der Waals surface area contributed by atoms with Crippen molar-refractivity contribution in [2.24, 2.45) is 0 Å². The van der Waals surface area contributed by atoms with Crippen molar-refractivity contribution in [3.8, 4) is 6.01 Å². The molecule has 1 aromatic heterocycles. The standard InChI is InChI=1S/C35H48N6O3/c1-24-11-7-12-26-13-8-16-30(31(24)26)39-18-10-15-28-29(22-39)36-33(43-23-27-14-9-17-38(27)6)37-32(28)41-20-19-40(21-25(41)2)34(42)44-35(3,4)5/h7-8,11-13,16,25,27H,9-10,14-15,17-23H2,1-6H3/t25-,27-/m0/s1. The van der Waals surface area contributed by atoms with E-state index in [1.54, 1.807) is 0 Å². The Balaban J connectivity index is 1.32. The molecule has 3 aliphatic heterocycles. The number of piperazine rings is 1. The minimum Gasteiger partial charge on any atom is -0.462 e. The second kappa shape index (κ2) is 12.4. The highest BCUT2D eigenvalue weighted by Gasteiger charge is 2.34. The molecule has 44 heavy (non-hydrogen) atoms. The van der Waals surface area contributed by atoms with Gasteiger partial charge in [-0.15, -0.1) is 0 Å². The number of carbonyl (C=O) groups is 1. The van der Waals surface area contributed by atoms with Crippen LogP contribution in [0.1, 0.15) is 63.8 Å². The van der Waals surface area contributed by atoms with Crippen molar-refractivity contribution in [1.29, 1.82) is 0 Å². The molecule has 2 fully saturated rings. The van der Waals surface area contributed by atoms with E-state index in [1.807, 2.05) is 25.7 Å². The van der Waals surface area contributed by atoms with Gasteiger partial charge in [0.2, 0.25) is 0 Å². The number of benzene rings is 2.